The molecule has 0 amide bonds. The van der Waals surface area contributed by atoms with Crippen molar-refractivity contribution in [2.24, 2.45) is 0 Å². The molecule has 1 aromatic carbocycles. The van der Waals surface area contributed by atoms with Crippen LogP contribution in [0.25, 0.3) is 0 Å². The standard InChI is InChI=1S/C20H26N2O2S/c1-16(24)18-5-2-4-17(12-18)13-21-8-9-22(19(14-21)7-10-23)15-20-6-3-11-25-20/h2-6,11-12,19,23H,7-10,13-15H2,1H3. The molecular formula is C20H26N2O2S. The van der Waals surface area contributed by atoms with Gasteiger partial charge in [0, 0.05) is 55.8 Å². The molecule has 134 valence electrons. The fourth-order valence-corrected chi connectivity index (χ4v) is 4.21. The Bertz CT molecular complexity index is 687. The third kappa shape index (κ3) is 4.98. The Balaban J connectivity index is 1.63. The molecule has 2 heterocycles. The Morgan fingerprint density at radius 1 is 1.24 bits per heavy atom. The lowest BCUT2D eigenvalue weighted by Gasteiger charge is -2.41. The molecule has 0 aliphatic carbocycles. The van der Waals surface area contributed by atoms with E-state index in [1.807, 2.05) is 18.2 Å². The van der Waals surface area contributed by atoms with Gasteiger partial charge >= 0.3 is 0 Å². The molecule has 1 fully saturated rings. The zero-order valence-electron chi connectivity index (χ0n) is 14.7. The maximum absolute atomic E-state index is 11.6. The summed E-state index contributed by atoms with van der Waals surface area (Å²) in [5.74, 6) is 0.112. The smallest absolute Gasteiger partial charge is 0.159 e. The molecule has 1 aliphatic heterocycles. The van der Waals surface area contributed by atoms with E-state index in [4.69, 9.17) is 0 Å². The Kier molecular flexibility index (Phi) is 6.37. The second kappa shape index (κ2) is 8.72. The van der Waals surface area contributed by atoms with Gasteiger partial charge in [-0.15, -0.1) is 11.3 Å². The zero-order valence-corrected chi connectivity index (χ0v) is 15.5. The first-order valence-corrected chi connectivity index (χ1v) is 9.73. The minimum Gasteiger partial charge on any atom is -0.396 e. The van der Waals surface area contributed by atoms with Crippen LogP contribution in [0.2, 0.25) is 0 Å². The van der Waals surface area contributed by atoms with Gasteiger partial charge in [-0.3, -0.25) is 14.6 Å². The van der Waals surface area contributed by atoms with Gasteiger partial charge in [0.25, 0.3) is 0 Å². The minimum absolute atomic E-state index is 0.112. The quantitative estimate of drug-likeness (QED) is 0.773. The Labute approximate surface area is 153 Å². The van der Waals surface area contributed by atoms with Crippen LogP contribution in [0, 0.1) is 0 Å². The van der Waals surface area contributed by atoms with E-state index < -0.39 is 0 Å². The average molecular weight is 359 g/mol. The van der Waals surface area contributed by atoms with E-state index in [0.29, 0.717) is 6.04 Å². The number of benzene rings is 1. The summed E-state index contributed by atoms with van der Waals surface area (Å²) >= 11 is 1.79. The summed E-state index contributed by atoms with van der Waals surface area (Å²) in [4.78, 5) is 17.9. The second-order valence-corrected chi connectivity index (χ2v) is 7.74. The summed E-state index contributed by atoms with van der Waals surface area (Å²) in [6.45, 7) is 6.63. The summed E-state index contributed by atoms with van der Waals surface area (Å²) in [6, 6.07) is 12.6. The Morgan fingerprint density at radius 2 is 2.12 bits per heavy atom. The molecule has 4 nitrogen and oxygen atoms in total. The van der Waals surface area contributed by atoms with Crippen LogP contribution in [0.1, 0.15) is 34.1 Å². The normalized spacial score (nSPS) is 19.2. The van der Waals surface area contributed by atoms with Crippen LogP contribution in [0.15, 0.2) is 41.8 Å². The van der Waals surface area contributed by atoms with Gasteiger partial charge in [-0.1, -0.05) is 24.3 Å². The fourth-order valence-electron chi connectivity index (χ4n) is 3.48. The number of aliphatic hydroxyl groups excluding tert-OH is 1. The SMILES string of the molecule is CC(=O)c1cccc(CN2CCN(Cc3cccs3)C(CCO)C2)c1. The van der Waals surface area contributed by atoms with Crippen molar-refractivity contribution in [3.05, 3.63) is 57.8 Å². The number of ketones is 1. The number of carbonyl (C=O) groups excluding carboxylic acids is 1. The first kappa shape index (κ1) is 18.3. The van der Waals surface area contributed by atoms with Crippen LogP contribution in [-0.4, -0.2) is 53.0 Å². The fraction of sp³-hybridized carbons (Fsp3) is 0.450. The van der Waals surface area contributed by atoms with Crippen molar-refractivity contribution in [3.63, 3.8) is 0 Å². The largest absolute Gasteiger partial charge is 0.396 e. The summed E-state index contributed by atoms with van der Waals surface area (Å²) < 4.78 is 0. The van der Waals surface area contributed by atoms with Crippen LogP contribution >= 0.6 is 11.3 Å². The molecule has 2 aromatic rings. The minimum atomic E-state index is 0.112. The van der Waals surface area contributed by atoms with Crippen molar-refractivity contribution in [2.45, 2.75) is 32.5 Å². The molecule has 0 saturated carbocycles. The summed E-state index contributed by atoms with van der Waals surface area (Å²) in [5.41, 5.74) is 1.96. The highest BCUT2D eigenvalue weighted by Gasteiger charge is 2.26. The van der Waals surface area contributed by atoms with E-state index in [2.05, 4.69) is 33.4 Å². The third-order valence-electron chi connectivity index (χ3n) is 4.83. The zero-order chi connectivity index (χ0) is 17.6. The molecular weight excluding hydrogens is 332 g/mol. The predicted octanol–water partition coefficient (Wildman–Crippen LogP) is 3.02. The van der Waals surface area contributed by atoms with Gasteiger partial charge in [0.1, 0.15) is 0 Å². The van der Waals surface area contributed by atoms with E-state index in [0.717, 1.165) is 44.7 Å². The molecule has 25 heavy (non-hydrogen) atoms. The molecule has 0 bridgehead atoms. The molecule has 1 atom stereocenters. The lowest BCUT2D eigenvalue weighted by atomic mass is 10.1. The summed E-state index contributed by atoms with van der Waals surface area (Å²) in [7, 11) is 0. The van der Waals surface area contributed by atoms with Crippen LogP contribution in [0.4, 0.5) is 0 Å². The van der Waals surface area contributed by atoms with Crippen molar-refractivity contribution in [2.75, 3.05) is 26.2 Å². The van der Waals surface area contributed by atoms with Crippen molar-refractivity contribution >= 4 is 17.1 Å². The topological polar surface area (TPSA) is 43.8 Å². The van der Waals surface area contributed by atoms with Gasteiger partial charge in [0.05, 0.1) is 0 Å². The highest BCUT2D eigenvalue weighted by atomic mass is 32.1. The monoisotopic (exact) mass is 358 g/mol. The molecule has 5 heteroatoms. The molecule has 1 unspecified atom stereocenters. The first-order chi connectivity index (χ1) is 12.2. The number of carbonyl (C=O) groups is 1. The summed E-state index contributed by atoms with van der Waals surface area (Å²) in [6.07, 6.45) is 0.801. The van der Waals surface area contributed by atoms with Gasteiger partial charge in [-0.05, 0) is 36.4 Å². The number of aliphatic hydroxyl groups is 1. The lowest BCUT2D eigenvalue weighted by Crippen LogP contribution is -2.52. The maximum atomic E-state index is 11.6. The number of piperazine rings is 1. The van der Waals surface area contributed by atoms with Gasteiger partial charge in [-0.25, -0.2) is 0 Å². The van der Waals surface area contributed by atoms with Crippen LogP contribution < -0.4 is 0 Å². The predicted molar refractivity (Wildman–Crippen MR) is 102 cm³/mol. The van der Waals surface area contributed by atoms with E-state index in [-0.39, 0.29) is 12.4 Å². The molecule has 0 radical (unpaired) electrons. The number of hydrogen-bond donors (Lipinski definition) is 1. The van der Waals surface area contributed by atoms with Crippen molar-refractivity contribution in [1.29, 1.82) is 0 Å². The number of rotatable bonds is 7. The molecule has 1 N–H and O–H groups in total. The first-order valence-electron chi connectivity index (χ1n) is 8.85. The van der Waals surface area contributed by atoms with E-state index in [1.54, 1.807) is 18.3 Å². The number of thiophene rings is 1. The van der Waals surface area contributed by atoms with Crippen molar-refractivity contribution in [1.82, 2.24) is 9.80 Å². The van der Waals surface area contributed by atoms with Gasteiger partial charge in [-0.2, -0.15) is 0 Å². The highest BCUT2D eigenvalue weighted by Crippen LogP contribution is 2.20. The third-order valence-corrected chi connectivity index (χ3v) is 5.69. The number of Topliss-reactive ketones (excluding diaryl/α,β-unsaturated/α-hetero) is 1. The molecule has 1 aromatic heterocycles. The highest BCUT2D eigenvalue weighted by molar-refractivity contribution is 7.09. The lowest BCUT2D eigenvalue weighted by molar-refractivity contribution is 0.0506. The van der Waals surface area contributed by atoms with Gasteiger partial charge in [0.15, 0.2) is 5.78 Å². The maximum Gasteiger partial charge on any atom is 0.159 e. The second-order valence-electron chi connectivity index (χ2n) is 6.71. The van der Waals surface area contributed by atoms with Crippen LogP contribution in [0.5, 0.6) is 0 Å². The van der Waals surface area contributed by atoms with E-state index in [9.17, 15) is 9.90 Å². The van der Waals surface area contributed by atoms with Crippen LogP contribution in [0.3, 0.4) is 0 Å². The van der Waals surface area contributed by atoms with E-state index in [1.165, 1.54) is 10.4 Å². The van der Waals surface area contributed by atoms with Gasteiger partial charge in [0.2, 0.25) is 0 Å². The molecule has 0 spiro atoms. The van der Waals surface area contributed by atoms with E-state index >= 15 is 0 Å². The summed E-state index contributed by atoms with van der Waals surface area (Å²) in [5, 5.41) is 11.6. The van der Waals surface area contributed by atoms with Crippen molar-refractivity contribution < 1.29 is 9.90 Å². The van der Waals surface area contributed by atoms with Gasteiger partial charge < -0.3 is 5.11 Å². The molecule has 1 aliphatic rings. The van der Waals surface area contributed by atoms with Crippen LogP contribution in [-0.2, 0) is 13.1 Å². The molecule has 1 saturated heterocycles. The molecule has 3 rings (SSSR count). The van der Waals surface area contributed by atoms with Crippen molar-refractivity contribution in [3.8, 4) is 0 Å². The Hall–Kier alpha value is -1.53. The number of nitrogens with zero attached hydrogens (tertiary/aromatic N) is 2. The Morgan fingerprint density at radius 3 is 2.84 bits per heavy atom. The average Bonchev–Trinajstić information content (AvgIpc) is 3.11. The number of hydrogen-bond acceptors (Lipinski definition) is 5.